The highest BCUT2D eigenvalue weighted by atomic mass is 16.6. The van der Waals surface area contributed by atoms with E-state index in [2.05, 4.69) is 16.1 Å². The number of nitrogens with zero attached hydrogens (tertiary/aromatic N) is 7. The minimum Gasteiger partial charge on any atom is -0.444 e. The molecule has 0 spiro atoms. The minimum atomic E-state index is -0.523. The summed E-state index contributed by atoms with van der Waals surface area (Å²) in [7, 11) is 1.71. The Morgan fingerprint density at radius 1 is 1.03 bits per heavy atom. The van der Waals surface area contributed by atoms with Gasteiger partial charge in [-0.3, -0.25) is 4.79 Å². The highest BCUT2D eigenvalue weighted by Gasteiger charge is 2.26. The monoisotopic (exact) mass is 511 g/mol. The Balaban J connectivity index is 1.42. The van der Waals surface area contributed by atoms with E-state index >= 15 is 0 Å². The highest BCUT2D eigenvalue weighted by Crippen LogP contribution is 2.32. The maximum absolute atomic E-state index is 12.4. The van der Waals surface area contributed by atoms with Crippen LogP contribution in [-0.4, -0.2) is 61.9 Å². The van der Waals surface area contributed by atoms with Gasteiger partial charge in [0.25, 0.3) is 5.56 Å². The number of ether oxygens (including phenoxy) is 1. The van der Waals surface area contributed by atoms with Crippen molar-refractivity contribution in [3.05, 3.63) is 71.0 Å². The van der Waals surface area contributed by atoms with E-state index in [1.807, 2.05) is 51.2 Å². The Morgan fingerprint density at radius 3 is 2.42 bits per heavy atom. The second-order valence-electron chi connectivity index (χ2n) is 10.3. The van der Waals surface area contributed by atoms with E-state index in [0.29, 0.717) is 37.3 Å². The molecule has 4 aromatic rings. The van der Waals surface area contributed by atoms with Crippen molar-refractivity contribution < 1.29 is 9.53 Å². The van der Waals surface area contributed by atoms with Gasteiger partial charge in [0, 0.05) is 74.6 Å². The molecular formula is C28H29N7O3. The van der Waals surface area contributed by atoms with Crippen LogP contribution in [0.5, 0.6) is 0 Å². The van der Waals surface area contributed by atoms with Crippen LogP contribution in [0.15, 0.2) is 59.9 Å². The number of carbonyl (C=O) groups excluding carboxylic acids is 1. The lowest BCUT2D eigenvalue weighted by molar-refractivity contribution is 0.0240. The lowest BCUT2D eigenvalue weighted by atomic mass is 10.0. The van der Waals surface area contributed by atoms with E-state index in [9.17, 15) is 14.9 Å². The van der Waals surface area contributed by atoms with Gasteiger partial charge in [0.05, 0.1) is 17.3 Å². The molecule has 1 aliphatic heterocycles. The van der Waals surface area contributed by atoms with Crippen molar-refractivity contribution in [2.75, 3.05) is 31.1 Å². The SMILES string of the molecule is Cn1ccc(-c2cc(-c3ccc(N4CCN(C(=O)OC(C)(C)C)CC4)nc3)c3c(C#N)cnn3c2)cc1=O. The molecular weight excluding hydrogens is 482 g/mol. The number of anilines is 1. The summed E-state index contributed by atoms with van der Waals surface area (Å²) in [6.45, 7) is 7.99. The van der Waals surface area contributed by atoms with Crippen LogP contribution in [0.1, 0.15) is 26.3 Å². The summed E-state index contributed by atoms with van der Waals surface area (Å²) in [4.78, 5) is 33.2. The summed E-state index contributed by atoms with van der Waals surface area (Å²) in [6, 6.07) is 11.6. The largest absolute Gasteiger partial charge is 0.444 e. The number of hydrogen-bond acceptors (Lipinski definition) is 7. The normalized spacial score (nSPS) is 14.0. The third-order valence-electron chi connectivity index (χ3n) is 6.48. The molecule has 194 valence electrons. The van der Waals surface area contributed by atoms with Crippen molar-refractivity contribution in [1.29, 1.82) is 5.26 Å². The fourth-order valence-corrected chi connectivity index (χ4v) is 4.49. The summed E-state index contributed by atoms with van der Waals surface area (Å²) < 4.78 is 8.67. The summed E-state index contributed by atoms with van der Waals surface area (Å²) in [5.41, 5.74) is 3.70. The number of piperazine rings is 1. The summed E-state index contributed by atoms with van der Waals surface area (Å²) >= 11 is 0. The van der Waals surface area contributed by atoms with Crippen LogP contribution < -0.4 is 10.5 Å². The van der Waals surface area contributed by atoms with Gasteiger partial charge in [-0.15, -0.1) is 0 Å². The predicted octanol–water partition coefficient (Wildman–Crippen LogP) is 3.69. The quantitative estimate of drug-likeness (QED) is 0.413. The molecule has 4 aromatic heterocycles. The first-order valence-corrected chi connectivity index (χ1v) is 12.4. The number of fused-ring (bicyclic) bond motifs is 1. The molecule has 10 heteroatoms. The van der Waals surface area contributed by atoms with Crippen LogP contribution in [-0.2, 0) is 11.8 Å². The lowest BCUT2D eigenvalue weighted by Crippen LogP contribution is -2.50. The Kier molecular flexibility index (Phi) is 6.36. The third kappa shape index (κ3) is 4.95. The van der Waals surface area contributed by atoms with Crippen LogP contribution in [0.2, 0.25) is 0 Å². The molecule has 10 nitrogen and oxygen atoms in total. The van der Waals surface area contributed by atoms with Gasteiger partial charge in [-0.25, -0.2) is 14.3 Å². The summed E-state index contributed by atoms with van der Waals surface area (Å²) in [5.74, 6) is 0.810. The third-order valence-corrected chi connectivity index (χ3v) is 6.48. The zero-order valence-electron chi connectivity index (χ0n) is 21.9. The fraction of sp³-hybridized carbons (Fsp3) is 0.321. The van der Waals surface area contributed by atoms with Crippen LogP contribution in [0.3, 0.4) is 0 Å². The molecule has 0 radical (unpaired) electrons. The average Bonchev–Trinajstić information content (AvgIpc) is 3.32. The maximum atomic E-state index is 12.4. The number of carbonyl (C=O) groups is 1. The number of pyridine rings is 3. The van der Waals surface area contributed by atoms with Gasteiger partial charge in [-0.05, 0) is 50.6 Å². The topological polar surface area (TPSA) is 109 Å². The number of aryl methyl sites for hydroxylation is 1. The molecule has 0 bridgehead atoms. The zero-order valence-corrected chi connectivity index (χ0v) is 21.9. The van der Waals surface area contributed by atoms with Crippen molar-refractivity contribution in [1.82, 2.24) is 24.1 Å². The smallest absolute Gasteiger partial charge is 0.410 e. The fourth-order valence-electron chi connectivity index (χ4n) is 4.49. The first-order chi connectivity index (χ1) is 18.1. The molecule has 1 amide bonds. The number of hydrogen-bond donors (Lipinski definition) is 0. The van der Waals surface area contributed by atoms with Crippen LogP contribution >= 0.6 is 0 Å². The molecule has 0 aromatic carbocycles. The Labute approximate surface area is 220 Å². The van der Waals surface area contributed by atoms with E-state index in [-0.39, 0.29) is 11.7 Å². The van der Waals surface area contributed by atoms with Gasteiger partial charge in [-0.1, -0.05) is 0 Å². The molecule has 1 saturated heterocycles. The van der Waals surface area contributed by atoms with E-state index < -0.39 is 5.60 Å². The van der Waals surface area contributed by atoms with E-state index in [1.165, 1.54) is 4.57 Å². The lowest BCUT2D eigenvalue weighted by Gasteiger charge is -2.36. The van der Waals surface area contributed by atoms with Gasteiger partial charge >= 0.3 is 6.09 Å². The van der Waals surface area contributed by atoms with Crippen molar-refractivity contribution in [3.8, 4) is 28.3 Å². The van der Waals surface area contributed by atoms with Gasteiger partial charge in [0.2, 0.25) is 0 Å². The highest BCUT2D eigenvalue weighted by molar-refractivity contribution is 5.87. The molecule has 5 heterocycles. The second kappa shape index (κ2) is 9.67. The molecule has 5 rings (SSSR count). The Bertz CT molecular complexity index is 1600. The minimum absolute atomic E-state index is 0.111. The van der Waals surface area contributed by atoms with Crippen LogP contribution in [0, 0.1) is 11.3 Å². The molecule has 0 atom stereocenters. The molecule has 38 heavy (non-hydrogen) atoms. The number of aromatic nitrogens is 4. The van der Waals surface area contributed by atoms with Crippen LogP contribution in [0.4, 0.5) is 10.6 Å². The van der Waals surface area contributed by atoms with Crippen molar-refractivity contribution >= 4 is 17.4 Å². The molecule has 0 unspecified atom stereocenters. The van der Waals surface area contributed by atoms with Crippen LogP contribution in [0.25, 0.3) is 27.8 Å². The van der Waals surface area contributed by atoms with E-state index in [1.54, 1.807) is 41.1 Å². The molecule has 0 aliphatic carbocycles. The molecule has 0 N–H and O–H groups in total. The Hall–Kier alpha value is -4.65. The molecule has 1 fully saturated rings. The van der Waals surface area contributed by atoms with Gasteiger partial charge < -0.3 is 19.1 Å². The average molecular weight is 512 g/mol. The molecule has 0 saturated carbocycles. The van der Waals surface area contributed by atoms with Gasteiger partial charge in [0.1, 0.15) is 17.5 Å². The maximum Gasteiger partial charge on any atom is 0.410 e. The van der Waals surface area contributed by atoms with Crippen molar-refractivity contribution in [3.63, 3.8) is 0 Å². The van der Waals surface area contributed by atoms with Crippen molar-refractivity contribution in [2.24, 2.45) is 7.05 Å². The number of rotatable bonds is 3. The predicted molar refractivity (Wildman–Crippen MR) is 144 cm³/mol. The summed E-state index contributed by atoms with van der Waals surface area (Å²) in [5, 5.41) is 14.1. The van der Waals surface area contributed by atoms with E-state index in [4.69, 9.17) is 9.72 Å². The van der Waals surface area contributed by atoms with Gasteiger partial charge in [0.15, 0.2) is 0 Å². The summed E-state index contributed by atoms with van der Waals surface area (Å²) in [6.07, 6.45) is 6.57. The zero-order chi connectivity index (χ0) is 27.0. The van der Waals surface area contributed by atoms with E-state index in [0.717, 1.165) is 28.1 Å². The Morgan fingerprint density at radius 2 is 1.79 bits per heavy atom. The first kappa shape index (κ1) is 25.0. The van der Waals surface area contributed by atoms with Gasteiger partial charge in [-0.2, -0.15) is 10.4 Å². The number of nitriles is 1. The van der Waals surface area contributed by atoms with Crippen molar-refractivity contribution in [2.45, 2.75) is 26.4 Å². The number of amides is 1. The molecule has 1 aliphatic rings. The first-order valence-electron chi connectivity index (χ1n) is 12.4. The second-order valence-corrected chi connectivity index (χ2v) is 10.3. The standard InChI is InChI=1S/C28H29N7O3/c1-28(2,3)38-27(37)34-11-9-33(10-12-34)24-6-5-20(16-30-24)23-13-21(19-7-8-32(4)25(36)14-19)18-35-26(23)22(15-29)17-31-35/h5-8,13-14,16-18H,9-12H2,1-4H3.